The maximum Gasteiger partial charge on any atom is 0.222 e. The highest BCUT2D eigenvalue weighted by Crippen LogP contribution is 2.33. The molecule has 0 aromatic rings. The predicted molar refractivity (Wildman–Crippen MR) is 122 cm³/mol. The molecule has 172 valence electrons. The standard InChI is InChI=1S/C22H40N4O3S/c1-29-16-8-4-2-3-7-11-25-12-14-26(15-13-25)20(27)10-6-5-9-19-21-18(17-30-19)23-22(28)24-21/h8,16,18-19,21-24,28H,2-7,9-15,17H2,1H3/b16-8+. The van der Waals surface area contributed by atoms with Crippen molar-refractivity contribution in [1.82, 2.24) is 20.4 Å². The van der Waals surface area contributed by atoms with Gasteiger partial charge in [0, 0.05) is 55.7 Å². The van der Waals surface area contributed by atoms with Crippen molar-refractivity contribution in [3.8, 4) is 0 Å². The third kappa shape index (κ3) is 7.41. The van der Waals surface area contributed by atoms with Crippen LogP contribution in [0.2, 0.25) is 0 Å². The second-order valence-corrected chi connectivity index (χ2v) is 9.94. The number of methoxy groups -OCH3 is 1. The summed E-state index contributed by atoms with van der Waals surface area (Å²) in [5, 5.41) is 16.6. The minimum absolute atomic E-state index is 0.326. The van der Waals surface area contributed by atoms with Crippen molar-refractivity contribution in [3.05, 3.63) is 12.3 Å². The molecule has 3 fully saturated rings. The number of hydrogen-bond donors (Lipinski definition) is 3. The first-order valence-corrected chi connectivity index (χ1v) is 12.7. The van der Waals surface area contributed by atoms with E-state index in [4.69, 9.17) is 4.74 Å². The van der Waals surface area contributed by atoms with Gasteiger partial charge < -0.3 is 14.7 Å². The number of nitrogens with one attached hydrogen (secondary N) is 2. The predicted octanol–water partition coefficient (Wildman–Crippen LogP) is 1.73. The molecule has 0 aromatic heterocycles. The Labute approximate surface area is 186 Å². The quantitative estimate of drug-likeness (QED) is 0.315. The summed E-state index contributed by atoms with van der Waals surface area (Å²) >= 11 is 1.99. The van der Waals surface area contributed by atoms with Gasteiger partial charge in [-0.25, -0.2) is 0 Å². The van der Waals surface area contributed by atoms with Crippen molar-refractivity contribution in [3.63, 3.8) is 0 Å². The first-order chi connectivity index (χ1) is 14.7. The van der Waals surface area contributed by atoms with Crippen molar-refractivity contribution in [2.75, 3.05) is 45.6 Å². The van der Waals surface area contributed by atoms with Gasteiger partial charge >= 0.3 is 0 Å². The van der Waals surface area contributed by atoms with Gasteiger partial charge in [-0.05, 0) is 44.7 Å². The van der Waals surface area contributed by atoms with Crippen LogP contribution in [0.4, 0.5) is 0 Å². The third-order valence-electron chi connectivity index (χ3n) is 6.48. The highest BCUT2D eigenvalue weighted by atomic mass is 32.2. The SMILES string of the molecule is CO/C=C/CCCCCN1CCN(C(=O)CCCCC2SCC3NC(O)NC32)CC1. The average molecular weight is 441 g/mol. The smallest absolute Gasteiger partial charge is 0.222 e. The fourth-order valence-corrected chi connectivity index (χ4v) is 6.27. The zero-order valence-corrected chi connectivity index (χ0v) is 19.2. The number of aliphatic hydroxyl groups excluding tert-OH is 1. The Balaban J connectivity index is 1.20. The van der Waals surface area contributed by atoms with Gasteiger partial charge in [0.25, 0.3) is 0 Å². The zero-order valence-electron chi connectivity index (χ0n) is 18.4. The molecule has 0 spiro atoms. The molecule has 0 bridgehead atoms. The zero-order chi connectivity index (χ0) is 21.2. The van der Waals surface area contributed by atoms with Crippen molar-refractivity contribution < 1.29 is 14.6 Å². The molecule has 0 radical (unpaired) electrons. The van der Waals surface area contributed by atoms with Crippen LogP contribution in [0.3, 0.4) is 0 Å². The molecule has 4 unspecified atom stereocenters. The number of allylic oxidation sites excluding steroid dienone is 1. The summed E-state index contributed by atoms with van der Waals surface area (Å²) in [7, 11) is 1.68. The topological polar surface area (TPSA) is 77.1 Å². The highest BCUT2D eigenvalue weighted by Gasteiger charge is 2.42. The number of aliphatic hydroxyl groups is 1. The molecule has 8 heteroatoms. The minimum atomic E-state index is -0.554. The Kier molecular flexibility index (Phi) is 10.3. The molecule has 0 saturated carbocycles. The summed E-state index contributed by atoms with van der Waals surface area (Å²) in [6, 6.07) is 0.760. The van der Waals surface area contributed by atoms with Crippen molar-refractivity contribution in [2.45, 2.75) is 75.1 Å². The summed E-state index contributed by atoms with van der Waals surface area (Å²) in [6.07, 6.45) is 11.9. The Hall–Kier alpha value is -0.800. The lowest BCUT2D eigenvalue weighted by Gasteiger charge is -2.34. The molecule has 7 nitrogen and oxygen atoms in total. The fourth-order valence-electron chi connectivity index (χ4n) is 4.70. The first kappa shape index (κ1) is 23.9. The van der Waals surface area contributed by atoms with E-state index in [1.807, 2.05) is 11.8 Å². The summed E-state index contributed by atoms with van der Waals surface area (Å²) in [6.45, 7) is 4.93. The molecule has 30 heavy (non-hydrogen) atoms. The van der Waals surface area contributed by atoms with Gasteiger partial charge in [-0.1, -0.05) is 12.8 Å². The maximum atomic E-state index is 12.5. The van der Waals surface area contributed by atoms with E-state index in [9.17, 15) is 9.90 Å². The normalized spacial score (nSPS) is 29.6. The number of fused-ring (bicyclic) bond motifs is 1. The van der Waals surface area contributed by atoms with E-state index in [1.165, 1.54) is 19.3 Å². The van der Waals surface area contributed by atoms with Crippen LogP contribution < -0.4 is 10.6 Å². The van der Waals surface area contributed by atoms with E-state index in [2.05, 4.69) is 26.5 Å². The van der Waals surface area contributed by atoms with Crippen LogP contribution in [-0.2, 0) is 9.53 Å². The second kappa shape index (κ2) is 12.9. The Morgan fingerprint density at radius 1 is 1.13 bits per heavy atom. The molecule has 3 aliphatic rings. The van der Waals surface area contributed by atoms with Crippen LogP contribution in [0.25, 0.3) is 0 Å². The Bertz CT molecular complexity index is 542. The van der Waals surface area contributed by atoms with Gasteiger partial charge in [-0.15, -0.1) is 0 Å². The molecule has 3 N–H and O–H groups in total. The van der Waals surface area contributed by atoms with Gasteiger partial charge in [0.05, 0.1) is 13.4 Å². The van der Waals surface area contributed by atoms with E-state index < -0.39 is 6.35 Å². The number of amides is 1. The second-order valence-electron chi connectivity index (χ2n) is 8.66. The molecular weight excluding hydrogens is 400 g/mol. The van der Waals surface area contributed by atoms with Crippen LogP contribution >= 0.6 is 11.8 Å². The molecule has 1 amide bonds. The average Bonchev–Trinajstić information content (AvgIpc) is 3.30. The molecule has 0 aliphatic carbocycles. The van der Waals surface area contributed by atoms with E-state index in [-0.39, 0.29) is 0 Å². The largest absolute Gasteiger partial charge is 0.505 e. The van der Waals surface area contributed by atoms with Gasteiger partial charge in [-0.2, -0.15) is 11.8 Å². The number of ether oxygens (including phenoxy) is 1. The number of carbonyl (C=O) groups excluding carboxylic acids is 1. The van der Waals surface area contributed by atoms with Crippen molar-refractivity contribution in [2.24, 2.45) is 0 Å². The highest BCUT2D eigenvalue weighted by molar-refractivity contribution is 8.00. The summed E-state index contributed by atoms with van der Waals surface area (Å²) in [5.74, 6) is 1.39. The van der Waals surface area contributed by atoms with Gasteiger partial charge in [0.2, 0.25) is 5.91 Å². The summed E-state index contributed by atoms with van der Waals surface area (Å²) in [4.78, 5) is 17.1. The lowest BCUT2D eigenvalue weighted by molar-refractivity contribution is -0.133. The lowest BCUT2D eigenvalue weighted by atomic mass is 10.0. The van der Waals surface area contributed by atoms with Gasteiger partial charge in [0.15, 0.2) is 6.35 Å². The maximum absolute atomic E-state index is 12.5. The molecule has 3 aliphatic heterocycles. The van der Waals surface area contributed by atoms with Crippen LogP contribution in [0.15, 0.2) is 12.3 Å². The number of carbonyl (C=O) groups is 1. The fraction of sp³-hybridized carbons (Fsp3) is 0.864. The van der Waals surface area contributed by atoms with Crippen LogP contribution in [0.1, 0.15) is 51.4 Å². The van der Waals surface area contributed by atoms with Crippen LogP contribution in [0, 0.1) is 0 Å². The molecule has 4 atom stereocenters. The Morgan fingerprint density at radius 2 is 1.97 bits per heavy atom. The summed E-state index contributed by atoms with van der Waals surface area (Å²) in [5.41, 5.74) is 0. The van der Waals surface area contributed by atoms with E-state index in [0.29, 0.717) is 29.7 Å². The van der Waals surface area contributed by atoms with E-state index >= 15 is 0 Å². The van der Waals surface area contributed by atoms with Crippen LogP contribution in [-0.4, -0.2) is 90.1 Å². The van der Waals surface area contributed by atoms with Gasteiger partial charge in [0.1, 0.15) is 0 Å². The van der Waals surface area contributed by atoms with Crippen molar-refractivity contribution in [1.29, 1.82) is 0 Å². The van der Waals surface area contributed by atoms with E-state index in [0.717, 1.165) is 64.2 Å². The molecular formula is C22H40N4O3S. The molecule has 3 saturated heterocycles. The number of thioether (sulfide) groups is 1. The molecule has 0 aromatic carbocycles. The monoisotopic (exact) mass is 440 g/mol. The van der Waals surface area contributed by atoms with Crippen LogP contribution in [0.5, 0.6) is 0 Å². The first-order valence-electron chi connectivity index (χ1n) is 11.7. The van der Waals surface area contributed by atoms with E-state index in [1.54, 1.807) is 13.4 Å². The number of rotatable bonds is 12. The summed E-state index contributed by atoms with van der Waals surface area (Å²) < 4.78 is 4.91. The Morgan fingerprint density at radius 3 is 2.77 bits per heavy atom. The molecule has 3 rings (SSSR count). The van der Waals surface area contributed by atoms with Crippen molar-refractivity contribution >= 4 is 17.7 Å². The number of unbranched alkanes of at least 4 members (excludes halogenated alkanes) is 4. The van der Waals surface area contributed by atoms with Gasteiger partial charge in [-0.3, -0.25) is 20.3 Å². The molecule has 3 heterocycles. The minimum Gasteiger partial charge on any atom is -0.505 e. The number of hydrogen-bond acceptors (Lipinski definition) is 7. The number of piperazine rings is 1. The lowest BCUT2D eigenvalue weighted by Crippen LogP contribution is -2.48. The third-order valence-corrected chi connectivity index (χ3v) is 7.99. The number of nitrogens with zero attached hydrogens (tertiary/aromatic N) is 2.